The smallest absolute Gasteiger partial charge is 0.410 e. The van der Waals surface area contributed by atoms with E-state index >= 15 is 0 Å². The lowest BCUT2D eigenvalue weighted by atomic mass is 10.2. The van der Waals surface area contributed by atoms with E-state index in [2.05, 4.69) is 15.9 Å². The van der Waals surface area contributed by atoms with Crippen molar-refractivity contribution in [2.45, 2.75) is 38.2 Å². The number of sulfonamides is 1. The SMILES string of the molecule is CC(C)(C)OC(=O)N1CCN(S(=O)(=O)Cc2ccc(Br)cc2)[C@H](C(=O)O)C1. The molecule has 0 aliphatic carbocycles. The molecule has 1 atom stereocenters. The average Bonchev–Trinajstić information content (AvgIpc) is 2.54. The molecule has 1 amide bonds. The highest BCUT2D eigenvalue weighted by atomic mass is 79.9. The van der Waals surface area contributed by atoms with Crippen molar-refractivity contribution >= 4 is 38.0 Å². The number of amides is 1. The second kappa shape index (κ2) is 8.15. The van der Waals surface area contributed by atoms with Gasteiger partial charge in [0.1, 0.15) is 11.6 Å². The van der Waals surface area contributed by atoms with Crippen LogP contribution >= 0.6 is 15.9 Å². The number of carboxylic acids is 1. The van der Waals surface area contributed by atoms with E-state index in [4.69, 9.17) is 4.74 Å². The van der Waals surface area contributed by atoms with E-state index in [9.17, 15) is 23.1 Å². The fourth-order valence-electron chi connectivity index (χ4n) is 2.67. The number of halogens is 1. The molecule has 0 bridgehead atoms. The monoisotopic (exact) mass is 462 g/mol. The van der Waals surface area contributed by atoms with Gasteiger partial charge < -0.3 is 14.7 Å². The van der Waals surface area contributed by atoms with Gasteiger partial charge in [-0.25, -0.2) is 13.2 Å². The van der Waals surface area contributed by atoms with Gasteiger partial charge in [-0.05, 0) is 38.5 Å². The average molecular weight is 463 g/mol. The molecule has 1 aromatic rings. The van der Waals surface area contributed by atoms with E-state index in [-0.39, 0.29) is 25.4 Å². The number of piperazine rings is 1. The van der Waals surface area contributed by atoms with Gasteiger partial charge in [0.25, 0.3) is 0 Å². The van der Waals surface area contributed by atoms with E-state index in [0.29, 0.717) is 5.56 Å². The lowest BCUT2D eigenvalue weighted by Gasteiger charge is -2.38. The van der Waals surface area contributed by atoms with Gasteiger partial charge in [0.15, 0.2) is 0 Å². The summed E-state index contributed by atoms with van der Waals surface area (Å²) < 4.78 is 32.6. The van der Waals surface area contributed by atoms with Gasteiger partial charge >= 0.3 is 12.1 Å². The highest BCUT2D eigenvalue weighted by Crippen LogP contribution is 2.21. The van der Waals surface area contributed by atoms with E-state index in [1.165, 1.54) is 4.90 Å². The fraction of sp³-hybridized carbons (Fsp3) is 0.529. The van der Waals surface area contributed by atoms with Crippen LogP contribution in [-0.2, 0) is 25.3 Å². The lowest BCUT2D eigenvalue weighted by Crippen LogP contribution is -2.59. The van der Waals surface area contributed by atoms with Crippen LogP contribution in [0.15, 0.2) is 28.7 Å². The maximum absolute atomic E-state index is 12.8. The predicted octanol–water partition coefficient (Wildman–Crippen LogP) is 2.28. The Labute approximate surface area is 167 Å². The van der Waals surface area contributed by atoms with Crippen molar-refractivity contribution < 1.29 is 27.9 Å². The fourth-order valence-corrected chi connectivity index (χ4v) is 4.62. The third-order valence-electron chi connectivity index (χ3n) is 3.89. The molecule has 0 radical (unpaired) electrons. The molecule has 0 unspecified atom stereocenters. The first-order valence-corrected chi connectivity index (χ1v) is 10.7. The summed E-state index contributed by atoms with van der Waals surface area (Å²) in [7, 11) is -3.87. The molecule has 27 heavy (non-hydrogen) atoms. The van der Waals surface area contributed by atoms with Gasteiger partial charge in [0.2, 0.25) is 10.0 Å². The topological polar surface area (TPSA) is 104 Å². The molecule has 1 aromatic carbocycles. The molecule has 0 spiro atoms. The number of hydrogen-bond donors (Lipinski definition) is 1. The molecule has 1 N–H and O–H groups in total. The van der Waals surface area contributed by atoms with E-state index < -0.39 is 33.7 Å². The van der Waals surface area contributed by atoms with Crippen molar-refractivity contribution in [3.8, 4) is 0 Å². The Balaban J connectivity index is 2.16. The zero-order valence-electron chi connectivity index (χ0n) is 15.4. The molecule has 1 aliphatic heterocycles. The second-order valence-electron chi connectivity index (χ2n) is 7.27. The Bertz CT molecular complexity index is 804. The molecule has 150 valence electrons. The number of nitrogens with zero attached hydrogens (tertiary/aromatic N) is 2. The van der Waals surface area contributed by atoms with Gasteiger partial charge in [-0.1, -0.05) is 28.1 Å². The summed E-state index contributed by atoms with van der Waals surface area (Å²) in [6.45, 7) is 4.83. The maximum Gasteiger partial charge on any atom is 0.410 e. The largest absolute Gasteiger partial charge is 0.480 e. The van der Waals surface area contributed by atoms with Crippen LogP contribution < -0.4 is 0 Å². The van der Waals surface area contributed by atoms with Crippen molar-refractivity contribution in [1.82, 2.24) is 9.21 Å². The number of carbonyl (C=O) groups excluding carboxylic acids is 1. The Morgan fingerprint density at radius 3 is 2.33 bits per heavy atom. The van der Waals surface area contributed by atoms with Gasteiger partial charge in [0.05, 0.1) is 12.3 Å². The molecule has 1 aliphatic rings. The molecule has 1 fully saturated rings. The molecule has 0 saturated carbocycles. The summed E-state index contributed by atoms with van der Waals surface area (Å²) in [5.74, 6) is -1.61. The van der Waals surface area contributed by atoms with Crippen molar-refractivity contribution in [3.63, 3.8) is 0 Å². The number of aliphatic carboxylic acids is 1. The van der Waals surface area contributed by atoms with Crippen LogP contribution in [0, 0.1) is 0 Å². The van der Waals surface area contributed by atoms with E-state index in [0.717, 1.165) is 8.78 Å². The quantitative estimate of drug-likeness (QED) is 0.735. The van der Waals surface area contributed by atoms with Gasteiger partial charge in [-0.3, -0.25) is 4.79 Å². The minimum absolute atomic E-state index is 0.0677. The summed E-state index contributed by atoms with van der Waals surface area (Å²) in [4.78, 5) is 25.1. The first-order chi connectivity index (χ1) is 12.4. The van der Waals surface area contributed by atoms with Crippen molar-refractivity contribution in [2.24, 2.45) is 0 Å². The number of hydrogen-bond acceptors (Lipinski definition) is 5. The van der Waals surface area contributed by atoms with Gasteiger partial charge in [0, 0.05) is 17.6 Å². The molecule has 1 saturated heterocycles. The molecule has 8 nitrogen and oxygen atoms in total. The van der Waals surface area contributed by atoms with Crippen LogP contribution in [0.3, 0.4) is 0 Å². The molecular weight excluding hydrogens is 440 g/mol. The molecular formula is C17H23BrN2O6S. The third-order valence-corrected chi connectivity index (χ3v) is 6.27. The number of carboxylic acid groups (broad SMARTS) is 1. The predicted molar refractivity (Wildman–Crippen MR) is 103 cm³/mol. The summed E-state index contributed by atoms with van der Waals surface area (Å²) in [5, 5.41) is 9.52. The van der Waals surface area contributed by atoms with E-state index in [1.54, 1.807) is 45.0 Å². The van der Waals surface area contributed by atoms with Gasteiger partial charge in [-0.2, -0.15) is 4.31 Å². The number of carbonyl (C=O) groups is 2. The normalized spacial score (nSPS) is 19.0. The van der Waals surface area contributed by atoms with Crippen molar-refractivity contribution in [1.29, 1.82) is 0 Å². The first-order valence-electron chi connectivity index (χ1n) is 8.34. The van der Waals surface area contributed by atoms with Crippen LogP contribution in [0.25, 0.3) is 0 Å². The minimum Gasteiger partial charge on any atom is -0.480 e. The molecule has 2 rings (SSSR count). The van der Waals surface area contributed by atoms with E-state index in [1.807, 2.05) is 0 Å². The number of ether oxygens (including phenoxy) is 1. The Morgan fingerprint density at radius 1 is 1.22 bits per heavy atom. The molecule has 10 heteroatoms. The van der Waals surface area contributed by atoms with Crippen LogP contribution in [0.5, 0.6) is 0 Å². The van der Waals surface area contributed by atoms with Crippen molar-refractivity contribution in [3.05, 3.63) is 34.3 Å². The van der Waals surface area contributed by atoms with Crippen LogP contribution in [0.2, 0.25) is 0 Å². The highest BCUT2D eigenvalue weighted by Gasteiger charge is 2.41. The minimum atomic E-state index is -3.87. The summed E-state index contributed by atoms with van der Waals surface area (Å²) in [6, 6.07) is 5.41. The van der Waals surface area contributed by atoms with Crippen LogP contribution in [0.1, 0.15) is 26.3 Å². The first kappa shape index (κ1) is 21.6. The molecule has 0 aromatic heterocycles. The summed E-state index contributed by atoms with van der Waals surface area (Å²) in [5.41, 5.74) is -0.169. The standard InChI is InChI=1S/C17H23BrN2O6S/c1-17(2,3)26-16(23)19-8-9-20(14(10-19)15(21)22)27(24,25)11-12-4-6-13(18)7-5-12/h4-7,14H,8-11H2,1-3H3,(H,21,22)/t14-/m0/s1. The summed E-state index contributed by atoms with van der Waals surface area (Å²) >= 11 is 3.28. The highest BCUT2D eigenvalue weighted by molar-refractivity contribution is 9.10. The number of rotatable bonds is 4. The number of benzene rings is 1. The second-order valence-corrected chi connectivity index (χ2v) is 10.1. The van der Waals surface area contributed by atoms with Crippen LogP contribution in [-0.4, -0.2) is 66.1 Å². The Hall–Kier alpha value is -1.65. The van der Waals surface area contributed by atoms with Crippen molar-refractivity contribution in [2.75, 3.05) is 19.6 Å². The van der Waals surface area contributed by atoms with Crippen LogP contribution in [0.4, 0.5) is 4.79 Å². The Kier molecular flexibility index (Phi) is 6.54. The zero-order chi connectivity index (χ0) is 20.4. The molecule has 1 heterocycles. The third kappa shape index (κ3) is 5.91. The summed E-state index contributed by atoms with van der Waals surface area (Å²) in [6.07, 6.45) is -0.654. The zero-order valence-corrected chi connectivity index (χ0v) is 17.8. The lowest BCUT2D eigenvalue weighted by molar-refractivity contribution is -0.143. The Morgan fingerprint density at radius 2 is 1.81 bits per heavy atom. The maximum atomic E-state index is 12.8. The van der Waals surface area contributed by atoms with Gasteiger partial charge in [-0.15, -0.1) is 0 Å².